The molecule has 0 aromatic heterocycles. The molecule has 10 heteroatoms. The zero-order valence-corrected chi connectivity index (χ0v) is 40.0. The summed E-state index contributed by atoms with van der Waals surface area (Å²) >= 11 is 1.22. The van der Waals surface area contributed by atoms with Crippen molar-refractivity contribution in [3.05, 3.63) is 59.7 Å². The summed E-state index contributed by atoms with van der Waals surface area (Å²) in [6.45, 7) is 4.48. The third-order valence-electron chi connectivity index (χ3n) is 12.2. The van der Waals surface area contributed by atoms with Crippen molar-refractivity contribution >= 4 is 35.8 Å². The molecule has 0 radical (unpaired) electrons. The third-order valence-corrected chi connectivity index (χ3v) is 13.4. The van der Waals surface area contributed by atoms with Crippen LogP contribution in [0, 0.1) is 0 Å². The van der Waals surface area contributed by atoms with E-state index in [-0.39, 0.29) is 49.0 Å². The van der Waals surface area contributed by atoms with E-state index in [0.29, 0.717) is 6.42 Å². The van der Waals surface area contributed by atoms with E-state index in [9.17, 15) is 24.3 Å². The lowest BCUT2D eigenvalue weighted by Crippen LogP contribution is -2.43. The fraction of sp³-hybridized carbons (Fsp3) is 0.698. The highest BCUT2D eigenvalue weighted by atomic mass is 32.2. The Morgan fingerprint density at radius 1 is 0.556 bits per heavy atom. The highest BCUT2D eigenvalue weighted by molar-refractivity contribution is 7.99. The van der Waals surface area contributed by atoms with Crippen molar-refractivity contribution < 1.29 is 38.5 Å². The maximum absolute atomic E-state index is 13.0. The molecule has 2 aromatic carbocycles. The fourth-order valence-electron chi connectivity index (χ4n) is 8.47. The van der Waals surface area contributed by atoms with E-state index < -0.39 is 24.2 Å². The zero-order valence-electron chi connectivity index (χ0n) is 39.2. The van der Waals surface area contributed by atoms with Crippen LogP contribution < -0.4 is 5.32 Å². The number of hydrogen-bond donors (Lipinski definition) is 2. The largest absolute Gasteiger partial charge is 0.480 e. The minimum absolute atomic E-state index is 0.0132. The maximum atomic E-state index is 13.0. The first-order chi connectivity index (χ1) is 30.8. The van der Waals surface area contributed by atoms with Gasteiger partial charge in [0.15, 0.2) is 0 Å². The average molecular weight is 894 g/mol. The summed E-state index contributed by atoms with van der Waals surface area (Å²) in [6.07, 6.45) is 30.8. The molecule has 0 spiro atoms. The molecule has 354 valence electrons. The Labute approximate surface area is 385 Å². The number of alkyl carbamates (subject to hydrolysis) is 1. The molecule has 1 amide bonds. The molecule has 2 atom stereocenters. The van der Waals surface area contributed by atoms with Crippen molar-refractivity contribution in [3.8, 4) is 11.1 Å². The van der Waals surface area contributed by atoms with Gasteiger partial charge in [-0.15, -0.1) is 0 Å². The zero-order chi connectivity index (χ0) is 45.2. The quantitative estimate of drug-likeness (QED) is 0.0383. The van der Waals surface area contributed by atoms with Crippen molar-refractivity contribution in [3.63, 3.8) is 0 Å². The number of rotatable bonds is 39. The Morgan fingerprint density at radius 2 is 0.968 bits per heavy atom. The summed E-state index contributed by atoms with van der Waals surface area (Å²) in [4.78, 5) is 50.8. The van der Waals surface area contributed by atoms with Crippen LogP contribution in [-0.2, 0) is 28.6 Å². The molecule has 0 saturated heterocycles. The van der Waals surface area contributed by atoms with E-state index in [4.69, 9.17) is 14.2 Å². The van der Waals surface area contributed by atoms with Crippen molar-refractivity contribution in [2.75, 3.05) is 24.7 Å². The molecule has 2 N–H and O–H groups in total. The lowest BCUT2D eigenvalue weighted by molar-refractivity contribution is -0.157. The first-order valence-corrected chi connectivity index (χ1v) is 26.3. The number of benzene rings is 2. The second-order valence-electron chi connectivity index (χ2n) is 17.7. The van der Waals surface area contributed by atoms with Crippen LogP contribution in [0.4, 0.5) is 4.79 Å². The molecule has 0 bridgehead atoms. The standard InChI is InChI=1S/C53H83NO8S/c1-3-5-7-9-11-13-15-17-19-21-23-25-27-37-50(55)60-39-43(62-51(56)38-28-26-24-22-20-18-16-14-12-10-8-6-4-2)41-63-42-49(52(57)58)54-53(59)61-40-48-46-35-31-29-33-44(46)45-34-30-32-36-47(45)48/h29-36,43,48-49H,3-28,37-42H2,1-2H3,(H,54,59)(H,57,58)/t43-,49+/m0/s1. The molecule has 1 aliphatic rings. The number of fused-ring (bicyclic) bond motifs is 3. The van der Waals surface area contributed by atoms with Gasteiger partial charge in [-0.25, -0.2) is 9.59 Å². The van der Waals surface area contributed by atoms with Crippen LogP contribution >= 0.6 is 11.8 Å². The molecule has 0 heterocycles. The van der Waals surface area contributed by atoms with Gasteiger partial charge in [0.25, 0.3) is 0 Å². The van der Waals surface area contributed by atoms with Crippen molar-refractivity contribution in [2.45, 2.75) is 212 Å². The minimum atomic E-state index is -1.23. The van der Waals surface area contributed by atoms with Crippen LogP contribution in [0.15, 0.2) is 48.5 Å². The van der Waals surface area contributed by atoms with E-state index in [2.05, 4.69) is 31.3 Å². The Hall–Kier alpha value is -3.53. The number of carboxylic acid groups (broad SMARTS) is 1. The van der Waals surface area contributed by atoms with E-state index in [1.165, 1.54) is 140 Å². The molecule has 1 aliphatic carbocycles. The summed E-state index contributed by atoms with van der Waals surface area (Å²) in [5.74, 6) is -1.78. The smallest absolute Gasteiger partial charge is 0.407 e. The van der Waals surface area contributed by atoms with Crippen LogP contribution in [0.25, 0.3) is 11.1 Å². The lowest BCUT2D eigenvalue weighted by Gasteiger charge is -2.20. The number of hydrogen-bond acceptors (Lipinski definition) is 8. The van der Waals surface area contributed by atoms with Gasteiger partial charge in [-0.1, -0.05) is 216 Å². The number of unbranched alkanes of at least 4 members (excludes halogenated alkanes) is 24. The summed E-state index contributed by atoms with van der Waals surface area (Å²) in [5.41, 5.74) is 4.34. The summed E-state index contributed by atoms with van der Waals surface area (Å²) in [5, 5.41) is 12.5. The van der Waals surface area contributed by atoms with Gasteiger partial charge in [-0.3, -0.25) is 9.59 Å². The molecular formula is C53H83NO8S. The number of nitrogens with one attached hydrogen (secondary N) is 1. The van der Waals surface area contributed by atoms with Gasteiger partial charge in [0.1, 0.15) is 25.4 Å². The second kappa shape index (κ2) is 34.8. The number of amides is 1. The highest BCUT2D eigenvalue weighted by Gasteiger charge is 2.30. The number of aliphatic carboxylic acids is 1. The van der Waals surface area contributed by atoms with Crippen LogP contribution in [0.1, 0.15) is 211 Å². The van der Waals surface area contributed by atoms with Crippen molar-refractivity contribution in [1.82, 2.24) is 5.32 Å². The first kappa shape index (κ1) is 53.8. The topological polar surface area (TPSA) is 128 Å². The van der Waals surface area contributed by atoms with Gasteiger partial charge in [0, 0.05) is 30.3 Å². The average Bonchev–Trinajstić information content (AvgIpc) is 3.60. The second-order valence-corrected chi connectivity index (χ2v) is 18.8. The van der Waals surface area contributed by atoms with E-state index in [1.807, 2.05) is 36.4 Å². The van der Waals surface area contributed by atoms with Crippen LogP contribution in [0.2, 0.25) is 0 Å². The Kier molecular flexibility index (Phi) is 29.7. The molecule has 0 saturated carbocycles. The summed E-state index contributed by atoms with van der Waals surface area (Å²) in [7, 11) is 0. The minimum Gasteiger partial charge on any atom is -0.480 e. The van der Waals surface area contributed by atoms with Gasteiger partial charge in [-0.05, 0) is 35.1 Å². The Morgan fingerprint density at radius 3 is 1.41 bits per heavy atom. The number of carbonyl (C=O) groups excluding carboxylic acids is 3. The number of esters is 2. The van der Waals surface area contributed by atoms with Gasteiger partial charge >= 0.3 is 24.0 Å². The van der Waals surface area contributed by atoms with E-state index in [1.54, 1.807) is 0 Å². The third kappa shape index (κ3) is 23.8. The molecule has 0 unspecified atom stereocenters. The number of carboxylic acids is 1. The van der Waals surface area contributed by atoms with Gasteiger partial charge in [-0.2, -0.15) is 11.8 Å². The molecule has 0 fully saturated rings. The van der Waals surface area contributed by atoms with Crippen LogP contribution in [0.5, 0.6) is 0 Å². The van der Waals surface area contributed by atoms with Crippen molar-refractivity contribution in [1.29, 1.82) is 0 Å². The predicted molar refractivity (Wildman–Crippen MR) is 258 cm³/mol. The van der Waals surface area contributed by atoms with Crippen LogP contribution in [-0.4, -0.2) is 66.0 Å². The lowest BCUT2D eigenvalue weighted by atomic mass is 9.98. The molecule has 0 aliphatic heterocycles. The number of ether oxygens (including phenoxy) is 3. The first-order valence-electron chi connectivity index (χ1n) is 25.1. The van der Waals surface area contributed by atoms with Gasteiger partial charge in [0.05, 0.1) is 0 Å². The normalized spacial score (nSPS) is 12.9. The van der Waals surface area contributed by atoms with E-state index >= 15 is 0 Å². The van der Waals surface area contributed by atoms with Crippen LogP contribution in [0.3, 0.4) is 0 Å². The fourth-order valence-corrected chi connectivity index (χ4v) is 9.49. The molecule has 9 nitrogen and oxygen atoms in total. The summed E-state index contributed by atoms with van der Waals surface area (Å²) in [6, 6.07) is 14.8. The highest BCUT2D eigenvalue weighted by Crippen LogP contribution is 2.44. The predicted octanol–water partition coefficient (Wildman–Crippen LogP) is 14.1. The number of thioether (sulfide) groups is 1. The monoisotopic (exact) mass is 894 g/mol. The SMILES string of the molecule is CCCCCCCCCCCCCCCC(=O)OC[C@@H](CSC[C@@H](NC(=O)OCC1c2ccccc2-c2ccccc21)C(=O)O)OC(=O)CCCCCCCCCCCCCCC. The Bertz CT molecular complexity index is 1500. The molecule has 63 heavy (non-hydrogen) atoms. The molecule has 2 aromatic rings. The Balaban J connectivity index is 1.39. The summed E-state index contributed by atoms with van der Waals surface area (Å²) < 4.78 is 17.0. The van der Waals surface area contributed by atoms with Gasteiger partial charge < -0.3 is 24.6 Å². The number of carbonyl (C=O) groups is 4. The molecular weight excluding hydrogens is 811 g/mol. The molecule has 3 rings (SSSR count). The van der Waals surface area contributed by atoms with Crippen molar-refractivity contribution in [2.24, 2.45) is 0 Å². The van der Waals surface area contributed by atoms with E-state index in [0.717, 1.165) is 60.8 Å². The maximum Gasteiger partial charge on any atom is 0.407 e. The van der Waals surface area contributed by atoms with Gasteiger partial charge in [0.2, 0.25) is 0 Å².